The second-order valence-corrected chi connectivity index (χ2v) is 6.90. The van der Waals surface area contributed by atoms with E-state index in [0.717, 1.165) is 16.7 Å². The van der Waals surface area contributed by atoms with Gasteiger partial charge >= 0.3 is 6.01 Å². The van der Waals surface area contributed by atoms with Crippen molar-refractivity contribution in [1.82, 2.24) is 15.0 Å². The van der Waals surface area contributed by atoms with Gasteiger partial charge in [0.15, 0.2) is 0 Å². The second kappa shape index (κ2) is 9.51. The Morgan fingerprint density at radius 3 is 2.65 bits per heavy atom. The summed E-state index contributed by atoms with van der Waals surface area (Å²) in [7, 11) is 0. The molecule has 6 heteroatoms. The first kappa shape index (κ1) is 20.0. The van der Waals surface area contributed by atoms with Crippen LogP contribution in [0.25, 0.3) is 11.1 Å². The van der Waals surface area contributed by atoms with E-state index in [4.69, 9.17) is 14.7 Å². The first-order valence-electron chi connectivity index (χ1n) is 9.79. The average Bonchev–Trinajstić information content (AvgIpc) is 2.83. The first-order chi connectivity index (χ1) is 15.2. The lowest BCUT2D eigenvalue weighted by atomic mass is 9.97. The van der Waals surface area contributed by atoms with Crippen molar-refractivity contribution >= 4 is 0 Å². The first-order valence-corrected chi connectivity index (χ1v) is 9.79. The normalized spacial score (nSPS) is 10.3. The smallest absolute Gasteiger partial charge is 0.320 e. The van der Waals surface area contributed by atoms with Crippen LogP contribution in [-0.4, -0.2) is 15.0 Å². The highest BCUT2D eigenvalue weighted by Gasteiger charge is 2.08. The number of nitriles is 1. The lowest BCUT2D eigenvalue weighted by Gasteiger charge is -2.12. The molecular formula is C25H20N4O2. The van der Waals surface area contributed by atoms with Gasteiger partial charge in [0.1, 0.15) is 19.3 Å². The zero-order valence-corrected chi connectivity index (χ0v) is 17.0. The number of benzene rings is 2. The molecule has 0 bridgehead atoms. The Kier molecular flexibility index (Phi) is 6.15. The number of rotatable bonds is 7. The van der Waals surface area contributed by atoms with Crippen molar-refractivity contribution in [2.24, 2.45) is 0 Å². The van der Waals surface area contributed by atoms with Crippen LogP contribution in [0.4, 0.5) is 0 Å². The summed E-state index contributed by atoms with van der Waals surface area (Å²) >= 11 is 0. The van der Waals surface area contributed by atoms with Crippen molar-refractivity contribution in [2.45, 2.75) is 20.1 Å². The number of hydrogen-bond donors (Lipinski definition) is 0. The van der Waals surface area contributed by atoms with Gasteiger partial charge in [0.25, 0.3) is 0 Å². The predicted octanol–water partition coefficient (Wildman–Crippen LogP) is 4.88. The Labute approximate surface area is 180 Å². The molecule has 0 atom stereocenters. The second-order valence-electron chi connectivity index (χ2n) is 6.90. The minimum absolute atomic E-state index is 0.242. The van der Waals surface area contributed by atoms with Crippen LogP contribution in [0.15, 0.2) is 79.3 Å². The van der Waals surface area contributed by atoms with Crippen molar-refractivity contribution < 1.29 is 9.47 Å². The zero-order chi connectivity index (χ0) is 21.5. The third kappa shape index (κ3) is 5.03. The van der Waals surface area contributed by atoms with Gasteiger partial charge in [-0.25, -0.2) is 4.98 Å². The van der Waals surface area contributed by atoms with Gasteiger partial charge in [-0.1, -0.05) is 48.5 Å². The maximum atomic E-state index is 8.97. The van der Waals surface area contributed by atoms with Crippen LogP contribution in [0.2, 0.25) is 0 Å². The largest absolute Gasteiger partial charge is 0.473 e. The van der Waals surface area contributed by atoms with E-state index in [9.17, 15) is 0 Å². The molecule has 4 rings (SSSR count). The molecule has 0 fully saturated rings. The van der Waals surface area contributed by atoms with Crippen LogP contribution < -0.4 is 9.47 Å². The number of aromatic nitrogens is 3. The van der Waals surface area contributed by atoms with Gasteiger partial charge in [-0.3, -0.25) is 4.98 Å². The van der Waals surface area contributed by atoms with E-state index in [1.807, 2.05) is 30.3 Å². The van der Waals surface area contributed by atoms with Crippen LogP contribution in [0, 0.1) is 18.3 Å². The highest BCUT2D eigenvalue weighted by Crippen LogP contribution is 2.26. The summed E-state index contributed by atoms with van der Waals surface area (Å²) in [5, 5.41) is 8.97. The minimum Gasteiger partial charge on any atom is -0.473 e. The van der Waals surface area contributed by atoms with E-state index in [2.05, 4.69) is 46.1 Å². The van der Waals surface area contributed by atoms with Gasteiger partial charge in [-0.05, 0) is 35.2 Å². The molecule has 0 aliphatic carbocycles. The van der Waals surface area contributed by atoms with Gasteiger partial charge in [-0.15, -0.1) is 0 Å². The van der Waals surface area contributed by atoms with Crippen molar-refractivity contribution in [3.05, 3.63) is 102 Å². The van der Waals surface area contributed by atoms with Crippen molar-refractivity contribution in [1.29, 1.82) is 5.26 Å². The topological polar surface area (TPSA) is 80.9 Å². The molecule has 2 aromatic carbocycles. The maximum Gasteiger partial charge on any atom is 0.320 e. The van der Waals surface area contributed by atoms with E-state index < -0.39 is 0 Å². The number of hydrogen-bond acceptors (Lipinski definition) is 6. The summed E-state index contributed by atoms with van der Waals surface area (Å²) in [4.78, 5) is 12.5. The van der Waals surface area contributed by atoms with E-state index >= 15 is 0 Å². The summed E-state index contributed by atoms with van der Waals surface area (Å²) in [6, 6.07) is 22.1. The van der Waals surface area contributed by atoms with Crippen LogP contribution in [0.1, 0.15) is 22.3 Å². The van der Waals surface area contributed by atoms with Crippen LogP contribution in [-0.2, 0) is 13.2 Å². The molecule has 4 aromatic rings. The fourth-order valence-corrected chi connectivity index (χ4v) is 3.17. The summed E-state index contributed by atoms with van der Waals surface area (Å²) in [5.74, 6) is 0.391. The predicted molar refractivity (Wildman–Crippen MR) is 116 cm³/mol. The fourth-order valence-electron chi connectivity index (χ4n) is 3.17. The molecule has 0 amide bonds. The van der Waals surface area contributed by atoms with Gasteiger partial charge in [-0.2, -0.15) is 10.2 Å². The molecule has 0 N–H and O–H groups in total. The molecule has 0 spiro atoms. The minimum atomic E-state index is 0.242. The van der Waals surface area contributed by atoms with Crippen LogP contribution in [0.3, 0.4) is 0 Å². The summed E-state index contributed by atoms with van der Waals surface area (Å²) in [6.45, 7) is 2.69. The maximum absolute atomic E-state index is 8.97. The third-order valence-corrected chi connectivity index (χ3v) is 4.81. The molecule has 152 valence electrons. The molecule has 0 aliphatic rings. The lowest BCUT2D eigenvalue weighted by Crippen LogP contribution is -2.04. The van der Waals surface area contributed by atoms with Gasteiger partial charge in [0, 0.05) is 30.2 Å². The van der Waals surface area contributed by atoms with Crippen LogP contribution >= 0.6 is 0 Å². The van der Waals surface area contributed by atoms with Gasteiger partial charge < -0.3 is 9.47 Å². The molecule has 2 aromatic heterocycles. The molecule has 0 unspecified atom stereocenters. The standard InChI is InChI=1S/C25H20N4O2/c1-18-22(8-5-9-23(18)21-6-3-2-4-7-21)17-31-25-28-11-10-24(29-25)30-16-20-12-19(13-26)14-27-15-20/h2-12,14-15H,16-17H2,1H3. The Morgan fingerprint density at radius 2 is 1.81 bits per heavy atom. The van der Waals surface area contributed by atoms with Crippen molar-refractivity contribution in [3.8, 4) is 29.1 Å². The Balaban J connectivity index is 1.42. The number of nitrogens with zero attached hydrogens (tertiary/aromatic N) is 4. The number of pyridine rings is 1. The molecule has 0 radical (unpaired) electrons. The SMILES string of the molecule is Cc1c(COc2nccc(OCc3cncc(C#N)c3)n2)cccc1-c1ccccc1. The summed E-state index contributed by atoms with van der Waals surface area (Å²) < 4.78 is 11.5. The summed E-state index contributed by atoms with van der Waals surface area (Å²) in [6.07, 6.45) is 4.76. The number of ether oxygens (including phenoxy) is 2. The fraction of sp³-hybridized carbons (Fsp3) is 0.120. The Morgan fingerprint density at radius 1 is 0.935 bits per heavy atom. The summed E-state index contributed by atoms with van der Waals surface area (Å²) in [5.41, 5.74) is 5.84. The molecule has 2 heterocycles. The quantitative estimate of drug-likeness (QED) is 0.434. The zero-order valence-electron chi connectivity index (χ0n) is 17.0. The van der Waals surface area contributed by atoms with Crippen molar-refractivity contribution in [3.63, 3.8) is 0 Å². The molecule has 0 saturated heterocycles. The van der Waals surface area contributed by atoms with Gasteiger partial charge in [0.2, 0.25) is 5.88 Å². The van der Waals surface area contributed by atoms with Gasteiger partial charge in [0.05, 0.1) is 5.56 Å². The molecule has 6 nitrogen and oxygen atoms in total. The average molecular weight is 408 g/mol. The third-order valence-electron chi connectivity index (χ3n) is 4.81. The van der Waals surface area contributed by atoms with E-state index in [1.54, 1.807) is 24.5 Å². The molecule has 31 heavy (non-hydrogen) atoms. The van der Waals surface area contributed by atoms with E-state index in [1.165, 1.54) is 17.3 Å². The van der Waals surface area contributed by atoms with E-state index in [0.29, 0.717) is 18.1 Å². The van der Waals surface area contributed by atoms with Crippen molar-refractivity contribution in [2.75, 3.05) is 0 Å². The Hall–Kier alpha value is -4.24. The highest BCUT2D eigenvalue weighted by molar-refractivity contribution is 5.68. The monoisotopic (exact) mass is 408 g/mol. The highest BCUT2D eigenvalue weighted by atomic mass is 16.5. The lowest BCUT2D eigenvalue weighted by molar-refractivity contribution is 0.258. The van der Waals surface area contributed by atoms with Crippen LogP contribution in [0.5, 0.6) is 11.9 Å². The molecule has 0 aliphatic heterocycles. The Bertz CT molecular complexity index is 1220. The van der Waals surface area contributed by atoms with E-state index in [-0.39, 0.29) is 12.6 Å². The molecular weight excluding hydrogens is 388 g/mol. The molecule has 0 saturated carbocycles.